The van der Waals surface area contributed by atoms with E-state index in [1.807, 2.05) is 6.07 Å². The number of benzene rings is 2. The van der Waals surface area contributed by atoms with Crippen molar-refractivity contribution in [3.63, 3.8) is 0 Å². The highest BCUT2D eigenvalue weighted by atomic mass is 127. The van der Waals surface area contributed by atoms with Crippen molar-refractivity contribution < 1.29 is 13.5 Å². The van der Waals surface area contributed by atoms with Gasteiger partial charge in [0.15, 0.2) is 0 Å². The second kappa shape index (κ2) is 6.66. The SMILES string of the molecule is O=S(=O)(NCC(O)c1ccccc1)c1ccc(I)cc1. The fourth-order valence-electron chi connectivity index (χ4n) is 1.68. The molecule has 0 aliphatic rings. The van der Waals surface area contributed by atoms with E-state index in [0.717, 1.165) is 3.57 Å². The van der Waals surface area contributed by atoms with E-state index >= 15 is 0 Å². The molecule has 2 aromatic carbocycles. The Bertz CT molecular complexity index is 657. The largest absolute Gasteiger partial charge is 0.387 e. The zero-order valence-corrected chi connectivity index (χ0v) is 13.5. The monoisotopic (exact) mass is 403 g/mol. The average molecular weight is 403 g/mol. The smallest absolute Gasteiger partial charge is 0.240 e. The van der Waals surface area contributed by atoms with Crippen LogP contribution in [0.4, 0.5) is 0 Å². The minimum atomic E-state index is -3.59. The van der Waals surface area contributed by atoms with Gasteiger partial charge in [-0.25, -0.2) is 13.1 Å². The van der Waals surface area contributed by atoms with Crippen molar-refractivity contribution in [3.05, 3.63) is 63.7 Å². The van der Waals surface area contributed by atoms with E-state index < -0.39 is 16.1 Å². The van der Waals surface area contributed by atoms with Crippen LogP contribution in [0, 0.1) is 3.57 Å². The maximum Gasteiger partial charge on any atom is 0.240 e. The van der Waals surface area contributed by atoms with Crippen LogP contribution in [-0.2, 0) is 10.0 Å². The van der Waals surface area contributed by atoms with Crippen LogP contribution in [0.2, 0.25) is 0 Å². The molecule has 2 rings (SSSR count). The minimum absolute atomic E-state index is 0.0572. The van der Waals surface area contributed by atoms with Gasteiger partial charge >= 0.3 is 0 Å². The zero-order chi connectivity index (χ0) is 14.6. The highest BCUT2D eigenvalue weighted by molar-refractivity contribution is 14.1. The number of hydrogen-bond donors (Lipinski definition) is 2. The van der Waals surface area contributed by atoms with Gasteiger partial charge in [0.05, 0.1) is 11.0 Å². The molecule has 0 heterocycles. The van der Waals surface area contributed by atoms with Crippen LogP contribution in [-0.4, -0.2) is 20.1 Å². The summed E-state index contributed by atoms with van der Waals surface area (Å²) < 4.78 is 27.5. The Hall–Kier alpha value is -0.960. The topological polar surface area (TPSA) is 66.4 Å². The lowest BCUT2D eigenvalue weighted by Crippen LogP contribution is -2.28. The van der Waals surface area contributed by atoms with Crippen molar-refractivity contribution in [1.29, 1.82) is 0 Å². The summed E-state index contributed by atoms with van der Waals surface area (Å²) in [6, 6.07) is 15.5. The van der Waals surface area contributed by atoms with Crippen molar-refractivity contribution in [2.75, 3.05) is 6.54 Å². The molecular weight excluding hydrogens is 389 g/mol. The van der Waals surface area contributed by atoms with Crippen LogP contribution in [0.1, 0.15) is 11.7 Å². The first kappa shape index (κ1) is 15.4. The molecule has 1 unspecified atom stereocenters. The van der Waals surface area contributed by atoms with Crippen molar-refractivity contribution in [1.82, 2.24) is 4.72 Å². The molecule has 0 spiro atoms. The number of halogens is 1. The summed E-state index contributed by atoms with van der Waals surface area (Å²) in [7, 11) is -3.59. The quantitative estimate of drug-likeness (QED) is 0.754. The summed E-state index contributed by atoms with van der Waals surface area (Å²) in [5.74, 6) is 0. The Balaban J connectivity index is 2.04. The van der Waals surface area contributed by atoms with E-state index in [-0.39, 0.29) is 11.4 Å². The molecule has 1 atom stereocenters. The Labute approximate surface area is 132 Å². The fourth-order valence-corrected chi connectivity index (χ4v) is 3.08. The molecule has 6 heteroatoms. The summed E-state index contributed by atoms with van der Waals surface area (Å²) in [5.41, 5.74) is 0.679. The third kappa shape index (κ3) is 4.02. The van der Waals surface area contributed by atoms with Crippen molar-refractivity contribution in [2.24, 2.45) is 0 Å². The maximum atomic E-state index is 12.1. The summed E-state index contributed by atoms with van der Waals surface area (Å²) in [6.45, 7) is -0.0572. The molecule has 0 bridgehead atoms. The number of rotatable bonds is 5. The first-order chi connectivity index (χ1) is 9.49. The van der Waals surface area contributed by atoms with Gasteiger partial charge in [-0.15, -0.1) is 0 Å². The summed E-state index contributed by atoms with van der Waals surface area (Å²) in [4.78, 5) is 0.193. The summed E-state index contributed by atoms with van der Waals surface area (Å²) in [5, 5.41) is 9.95. The van der Waals surface area contributed by atoms with Crippen molar-refractivity contribution >= 4 is 32.6 Å². The molecule has 0 aromatic heterocycles. The van der Waals surface area contributed by atoms with E-state index in [1.54, 1.807) is 48.5 Å². The Morgan fingerprint density at radius 3 is 2.25 bits per heavy atom. The van der Waals surface area contributed by atoms with Crippen LogP contribution < -0.4 is 4.72 Å². The molecule has 0 saturated heterocycles. The molecule has 0 fully saturated rings. The normalized spacial score (nSPS) is 13.1. The van der Waals surface area contributed by atoms with E-state index in [1.165, 1.54) is 0 Å². The van der Waals surface area contributed by atoms with Crippen molar-refractivity contribution in [3.8, 4) is 0 Å². The Morgan fingerprint density at radius 1 is 1.05 bits per heavy atom. The zero-order valence-electron chi connectivity index (χ0n) is 10.5. The second-order valence-electron chi connectivity index (χ2n) is 4.23. The standard InChI is InChI=1S/C14H14INO3S/c15-12-6-8-13(9-7-12)20(18,19)16-10-14(17)11-4-2-1-3-5-11/h1-9,14,16-17H,10H2. The van der Waals surface area contributed by atoms with Gasteiger partial charge in [0.1, 0.15) is 0 Å². The molecule has 0 aliphatic carbocycles. The molecule has 2 N–H and O–H groups in total. The predicted molar refractivity (Wildman–Crippen MR) is 85.7 cm³/mol. The summed E-state index contributed by atoms with van der Waals surface area (Å²) >= 11 is 2.11. The Morgan fingerprint density at radius 2 is 1.65 bits per heavy atom. The lowest BCUT2D eigenvalue weighted by atomic mass is 10.1. The second-order valence-corrected chi connectivity index (χ2v) is 7.24. The molecule has 0 radical (unpaired) electrons. The van der Waals surface area contributed by atoms with E-state index in [9.17, 15) is 13.5 Å². The van der Waals surface area contributed by atoms with Gasteiger partial charge < -0.3 is 5.11 Å². The van der Waals surface area contributed by atoms with Crippen LogP contribution in [0.15, 0.2) is 59.5 Å². The van der Waals surface area contributed by atoms with Crippen molar-refractivity contribution in [2.45, 2.75) is 11.0 Å². The van der Waals surface area contributed by atoms with Gasteiger partial charge in [-0.05, 0) is 52.4 Å². The predicted octanol–water partition coefficient (Wildman–Crippen LogP) is 2.30. The third-order valence-corrected chi connectivity index (χ3v) is 4.93. The first-order valence-electron chi connectivity index (χ1n) is 5.97. The molecule has 0 aliphatic heterocycles. The highest BCUT2D eigenvalue weighted by Crippen LogP contribution is 2.14. The number of aliphatic hydroxyl groups is 1. The van der Waals surface area contributed by atoms with E-state index in [0.29, 0.717) is 5.56 Å². The Kier molecular flexibility index (Phi) is 5.14. The number of nitrogens with one attached hydrogen (secondary N) is 1. The molecule has 2 aromatic rings. The molecular formula is C14H14INO3S. The number of hydrogen-bond acceptors (Lipinski definition) is 3. The minimum Gasteiger partial charge on any atom is -0.387 e. The molecule has 20 heavy (non-hydrogen) atoms. The van der Waals surface area contributed by atoms with Crippen LogP contribution >= 0.6 is 22.6 Å². The summed E-state index contributed by atoms with van der Waals surface area (Å²) in [6.07, 6.45) is -0.866. The molecule has 4 nitrogen and oxygen atoms in total. The molecule has 0 amide bonds. The van der Waals surface area contributed by atoms with Crippen LogP contribution in [0.25, 0.3) is 0 Å². The fraction of sp³-hybridized carbons (Fsp3) is 0.143. The number of aliphatic hydroxyl groups excluding tert-OH is 1. The number of sulfonamides is 1. The van der Waals surface area contributed by atoms with Crippen LogP contribution in [0.3, 0.4) is 0 Å². The molecule has 106 valence electrons. The van der Waals surface area contributed by atoms with Gasteiger partial charge in [-0.2, -0.15) is 0 Å². The lowest BCUT2D eigenvalue weighted by Gasteiger charge is -2.12. The van der Waals surface area contributed by atoms with Gasteiger partial charge in [0.2, 0.25) is 10.0 Å². The van der Waals surface area contributed by atoms with Crippen LogP contribution in [0.5, 0.6) is 0 Å². The van der Waals surface area contributed by atoms with E-state index in [2.05, 4.69) is 27.3 Å². The van der Waals surface area contributed by atoms with Gasteiger partial charge in [-0.3, -0.25) is 0 Å². The lowest BCUT2D eigenvalue weighted by molar-refractivity contribution is 0.182. The highest BCUT2D eigenvalue weighted by Gasteiger charge is 2.16. The maximum absolute atomic E-state index is 12.1. The first-order valence-corrected chi connectivity index (χ1v) is 8.53. The van der Waals surface area contributed by atoms with E-state index in [4.69, 9.17) is 0 Å². The van der Waals surface area contributed by atoms with Gasteiger partial charge in [0.25, 0.3) is 0 Å². The third-order valence-electron chi connectivity index (χ3n) is 2.77. The van der Waals surface area contributed by atoms with Gasteiger partial charge in [0, 0.05) is 10.1 Å². The average Bonchev–Trinajstić information content (AvgIpc) is 2.46. The van der Waals surface area contributed by atoms with Gasteiger partial charge in [-0.1, -0.05) is 30.3 Å². The molecule has 0 saturated carbocycles.